The van der Waals surface area contributed by atoms with Crippen LogP contribution in [-0.2, 0) is 10.0 Å². The maximum atomic E-state index is 12.6. The predicted molar refractivity (Wildman–Crippen MR) is 60.3 cm³/mol. The number of hydrogen-bond donors (Lipinski definition) is 1. The molecule has 0 aromatic rings. The van der Waals surface area contributed by atoms with Crippen LogP contribution in [0.5, 0.6) is 0 Å². The van der Waals surface area contributed by atoms with E-state index in [1.807, 2.05) is 0 Å². The number of piperidine rings is 1. The molecule has 106 valence electrons. The van der Waals surface area contributed by atoms with Crippen molar-refractivity contribution in [3.63, 3.8) is 0 Å². The zero-order chi connectivity index (χ0) is 13.4. The first-order chi connectivity index (χ1) is 8.34. The minimum atomic E-state index is -5.19. The molecule has 2 aliphatic heterocycles. The van der Waals surface area contributed by atoms with Crippen molar-refractivity contribution in [2.75, 3.05) is 13.1 Å². The van der Waals surface area contributed by atoms with E-state index in [1.54, 1.807) is 0 Å². The fourth-order valence-corrected chi connectivity index (χ4v) is 4.05. The lowest BCUT2D eigenvalue weighted by Crippen LogP contribution is -2.55. The third kappa shape index (κ3) is 2.50. The SMILES string of the molecule is O=S(=O)(N1CCCCC1C1CCCN1)C(F)(F)F. The van der Waals surface area contributed by atoms with Crippen molar-refractivity contribution < 1.29 is 21.6 Å². The maximum absolute atomic E-state index is 12.6. The van der Waals surface area contributed by atoms with Gasteiger partial charge in [-0.25, -0.2) is 8.42 Å². The van der Waals surface area contributed by atoms with Gasteiger partial charge in [0, 0.05) is 18.6 Å². The van der Waals surface area contributed by atoms with Gasteiger partial charge in [0.15, 0.2) is 0 Å². The Morgan fingerprint density at radius 1 is 1.11 bits per heavy atom. The van der Waals surface area contributed by atoms with Crippen molar-refractivity contribution in [1.82, 2.24) is 9.62 Å². The number of nitrogens with zero attached hydrogens (tertiary/aromatic N) is 1. The standard InChI is InChI=1S/C10H17F3N2O2S/c11-10(12,13)18(16,17)15-7-2-1-5-9(15)8-4-3-6-14-8/h8-9,14H,1-7H2. The van der Waals surface area contributed by atoms with Crippen LogP contribution in [0.3, 0.4) is 0 Å². The van der Waals surface area contributed by atoms with E-state index in [2.05, 4.69) is 5.32 Å². The van der Waals surface area contributed by atoms with E-state index in [1.165, 1.54) is 0 Å². The van der Waals surface area contributed by atoms with Crippen LogP contribution in [0, 0.1) is 0 Å². The van der Waals surface area contributed by atoms with Gasteiger partial charge >= 0.3 is 15.5 Å². The smallest absolute Gasteiger partial charge is 0.312 e. The number of alkyl halides is 3. The van der Waals surface area contributed by atoms with Crippen molar-refractivity contribution in [2.24, 2.45) is 0 Å². The van der Waals surface area contributed by atoms with Crippen LogP contribution < -0.4 is 5.32 Å². The van der Waals surface area contributed by atoms with Crippen molar-refractivity contribution in [2.45, 2.75) is 49.7 Å². The molecule has 2 aliphatic rings. The Kier molecular flexibility index (Phi) is 3.89. The number of halogens is 3. The van der Waals surface area contributed by atoms with Crippen molar-refractivity contribution in [1.29, 1.82) is 0 Å². The van der Waals surface area contributed by atoms with Gasteiger partial charge in [0.2, 0.25) is 0 Å². The summed E-state index contributed by atoms with van der Waals surface area (Å²) in [7, 11) is -5.19. The highest BCUT2D eigenvalue weighted by atomic mass is 32.2. The quantitative estimate of drug-likeness (QED) is 0.835. The second kappa shape index (κ2) is 4.97. The second-order valence-electron chi connectivity index (χ2n) is 4.83. The van der Waals surface area contributed by atoms with E-state index >= 15 is 0 Å². The van der Waals surface area contributed by atoms with E-state index in [4.69, 9.17) is 0 Å². The molecular formula is C10H17F3N2O2S. The Bertz CT molecular complexity index is 390. The molecule has 4 nitrogen and oxygen atoms in total. The average molecular weight is 286 g/mol. The van der Waals surface area contributed by atoms with Crippen molar-refractivity contribution >= 4 is 10.0 Å². The summed E-state index contributed by atoms with van der Waals surface area (Å²) in [4.78, 5) is 0. The fraction of sp³-hybridized carbons (Fsp3) is 1.00. The van der Waals surface area contributed by atoms with E-state index in [9.17, 15) is 21.6 Å². The molecular weight excluding hydrogens is 269 g/mol. The van der Waals surface area contributed by atoms with Crippen molar-refractivity contribution in [3.05, 3.63) is 0 Å². The van der Waals surface area contributed by atoms with E-state index in [0.29, 0.717) is 17.1 Å². The van der Waals surface area contributed by atoms with Crippen LogP contribution in [0.1, 0.15) is 32.1 Å². The first kappa shape index (κ1) is 14.1. The number of rotatable bonds is 2. The molecule has 2 saturated heterocycles. The molecule has 1 N–H and O–H groups in total. The summed E-state index contributed by atoms with van der Waals surface area (Å²) in [5.74, 6) is 0. The van der Waals surface area contributed by atoms with Gasteiger partial charge in [-0.3, -0.25) is 0 Å². The Morgan fingerprint density at radius 3 is 2.39 bits per heavy atom. The third-order valence-corrected chi connectivity index (χ3v) is 5.32. The monoisotopic (exact) mass is 286 g/mol. The molecule has 2 unspecified atom stereocenters. The molecule has 0 amide bonds. The first-order valence-corrected chi connectivity index (χ1v) is 7.59. The summed E-state index contributed by atoms with van der Waals surface area (Å²) >= 11 is 0. The van der Waals surface area contributed by atoms with Crippen LogP contribution in [0.2, 0.25) is 0 Å². The van der Waals surface area contributed by atoms with Gasteiger partial charge < -0.3 is 5.32 Å². The molecule has 0 saturated carbocycles. The van der Waals surface area contributed by atoms with Gasteiger partial charge in [0.25, 0.3) is 0 Å². The lowest BCUT2D eigenvalue weighted by molar-refractivity contribution is -0.0513. The topological polar surface area (TPSA) is 49.4 Å². The zero-order valence-electron chi connectivity index (χ0n) is 9.91. The Balaban J connectivity index is 2.22. The van der Waals surface area contributed by atoms with Crippen LogP contribution in [0.15, 0.2) is 0 Å². The molecule has 0 radical (unpaired) electrons. The first-order valence-electron chi connectivity index (χ1n) is 6.15. The molecule has 0 bridgehead atoms. The Labute approximate surface area is 105 Å². The number of nitrogens with one attached hydrogen (secondary N) is 1. The molecule has 8 heteroatoms. The van der Waals surface area contributed by atoms with Crippen LogP contribution >= 0.6 is 0 Å². The molecule has 0 aromatic heterocycles. The predicted octanol–water partition coefficient (Wildman–Crippen LogP) is 1.44. The molecule has 2 fully saturated rings. The summed E-state index contributed by atoms with van der Waals surface area (Å²) in [5, 5.41) is 3.11. The highest BCUT2D eigenvalue weighted by Crippen LogP contribution is 2.34. The van der Waals surface area contributed by atoms with E-state index in [-0.39, 0.29) is 12.6 Å². The minimum Gasteiger partial charge on any atom is -0.312 e. The van der Waals surface area contributed by atoms with Gasteiger partial charge in [-0.2, -0.15) is 17.5 Å². The third-order valence-electron chi connectivity index (χ3n) is 3.66. The molecule has 2 atom stereocenters. The zero-order valence-corrected chi connectivity index (χ0v) is 10.7. The van der Waals surface area contributed by atoms with Crippen LogP contribution in [0.4, 0.5) is 13.2 Å². The van der Waals surface area contributed by atoms with Crippen LogP contribution in [0.25, 0.3) is 0 Å². The van der Waals surface area contributed by atoms with E-state index in [0.717, 1.165) is 25.8 Å². The van der Waals surface area contributed by atoms with Gasteiger partial charge in [0.05, 0.1) is 0 Å². The molecule has 2 heterocycles. The van der Waals surface area contributed by atoms with Gasteiger partial charge in [-0.15, -0.1) is 0 Å². The minimum absolute atomic E-state index is 0.0231. The Hall–Kier alpha value is -0.340. The molecule has 0 aliphatic carbocycles. The summed E-state index contributed by atoms with van der Waals surface area (Å²) in [6.45, 7) is 0.728. The lowest BCUT2D eigenvalue weighted by Gasteiger charge is -2.38. The maximum Gasteiger partial charge on any atom is 0.511 e. The summed E-state index contributed by atoms with van der Waals surface area (Å²) in [5.41, 5.74) is -5.19. The molecule has 2 rings (SSSR count). The van der Waals surface area contributed by atoms with Crippen LogP contribution in [-0.4, -0.2) is 43.4 Å². The largest absolute Gasteiger partial charge is 0.511 e. The fourth-order valence-electron chi connectivity index (χ4n) is 2.80. The van der Waals surface area contributed by atoms with Gasteiger partial charge in [-0.05, 0) is 32.2 Å². The molecule has 18 heavy (non-hydrogen) atoms. The Morgan fingerprint density at radius 2 is 1.83 bits per heavy atom. The van der Waals surface area contributed by atoms with Gasteiger partial charge in [0.1, 0.15) is 0 Å². The average Bonchev–Trinajstić information content (AvgIpc) is 2.81. The molecule has 0 spiro atoms. The van der Waals surface area contributed by atoms with Gasteiger partial charge in [-0.1, -0.05) is 6.42 Å². The molecule has 0 aromatic carbocycles. The van der Waals surface area contributed by atoms with E-state index < -0.39 is 21.6 Å². The lowest BCUT2D eigenvalue weighted by atomic mass is 9.97. The summed E-state index contributed by atoms with van der Waals surface area (Å²) in [6.07, 6.45) is 3.42. The number of sulfonamides is 1. The second-order valence-corrected chi connectivity index (χ2v) is 6.71. The highest BCUT2D eigenvalue weighted by Gasteiger charge is 2.53. The van der Waals surface area contributed by atoms with Crippen molar-refractivity contribution in [3.8, 4) is 0 Å². The normalized spacial score (nSPS) is 31.7. The highest BCUT2D eigenvalue weighted by molar-refractivity contribution is 7.90. The summed E-state index contributed by atoms with van der Waals surface area (Å²) < 4.78 is 61.6. The number of hydrogen-bond acceptors (Lipinski definition) is 3. The summed E-state index contributed by atoms with van der Waals surface area (Å²) in [6, 6.07) is -0.685.